The van der Waals surface area contributed by atoms with Crippen molar-refractivity contribution in [2.75, 3.05) is 7.11 Å². The Hall–Kier alpha value is -3.29. The summed E-state index contributed by atoms with van der Waals surface area (Å²) >= 11 is 12.7. The van der Waals surface area contributed by atoms with Gasteiger partial charge in [0.25, 0.3) is 5.56 Å². The zero-order valence-corrected chi connectivity index (χ0v) is 18.8. The number of methoxy groups -OCH3 is 1. The van der Waals surface area contributed by atoms with Crippen LogP contribution in [0.1, 0.15) is 28.4 Å². The zero-order valence-electron chi connectivity index (χ0n) is 17.3. The monoisotopic (exact) mass is 471 g/mol. The molecule has 0 amide bonds. The minimum absolute atomic E-state index is 0.0190. The van der Waals surface area contributed by atoms with Crippen molar-refractivity contribution < 1.29 is 14.3 Å². The van der Waals surface area contributed by atoms with Gasteiger partial charge in [-0.25, -0.2) is 4.79 Å². The molecule has 9 heteroatoms. The molecule has 32 heavy (non-hydrogen) atoms. The Morgan fingerprint density at radius 1 is 1.25 bits per heavy atom. The SMILES string of the molecule is COC(=O)C1=C(N)Oc2cc(C)n(Cc3ccccn3)c(=O)c2C1c1cccc(Cl)c1Cl. The predicted octanol–water partition coefficient (Wildman–Crippen LogP) is 3.77. The van der Waals surface area contributed by atoms with Crippen LogP contribution in [-0.2, 0) is 16.1 Å². The first-order valence-corrected chi connectivity index (χ1v) is 10.4. The highest BCUT2D eigenvalue weighted by molar-refractivity contribution is 6.42. The van der Waals surface area contributed by atoms with Gasteiger partial charge in [0.1, 0.15) is 11.3 Å². The van der Waals surface area contributed by atoms with Crippen molar-refractivity contribution in [3.05, 3.63) is 103 Å². The first-order valence-electron chi connectivity index (χ1n) is 9.67. The molecule has 1 unspecified atom stereocenters. The lowest BCUT2D eigenvalue weighted by Gasteiger charge is -2.29. The van der Waals surface area contributed by atoms with Crippen molar-refractivity contribution in [1.82, 2.24) is 9.55 Å². The molecule has 1 aliphatic rings. The lowest BCUT2D eigenvalue weighted by Crippen LogP contribution is -2.35. The van der Waals surface area contributed by atoms with Crippen LogP contribution < -0.4 is 16.0 Å². The average molecular weight is 472 g/mol. The van der Waals surface area contributed by atoms with Crippen LogP contribution in [0.4, 0.5) is 0 Å². The Balaban J connectivity index is 1.99. The molecule has 0 radical (unpaired) electrons. The molecule has 0 spiro atoms. The highest BCUT2D eigenvalue weighted by Crippen LogP contribution is 2.44. The quantitative estimate of drug-likeness (QED) is 0.581. The number of hydrogen-bond acceptors (Lipinski definition) is 6. The molecule has 2 N–H and O–H groups in total. The van der Waals surface area contributed by atoms with Gasteiger partial charge in [0.05, 0.1) is 40.9 Å². The van der Waals surface area contributed by atoms with Gasteiger partial charge in [0.15, 0.2) is 0 Å². The maximum absolute atomic E-state index is 13.7. The number of halogens is 2. The third-order valence-corrected chi connectivity index (χ3v) is 6.15. The molecule has 0 bridgehead atoms. The van der Waals surface area contributed by atoms with Crippen LogP contribution in [0.15, 0.2) is 64.9 Å². The van der Waals surface area contributed by atoms with Crippen molar-refractivity contribution in [1.29, 1.82) is 0 Å². The fourth-order valence-corrected chi connectivity index (χ4v) is 4.22. The second kappa shape index (κ2) is 8.68. The summed E-state index contributed by atoms with van der Waals surface area (Å²) in [7, 11) is 1.23. The molecule has 1 aromatic carbocycles. The molecule has 7 nitrogen and oxygen atoms in total. The van der Waals surface area contributed by atoms with Crippen LogP contribution in [-0.4, -0.2) is 22.6 Å². The summed E-state index contributed by atoms with van der Waals surface area (Å²) in [5.41, 5.74) is 7.73. The van der Waals surface area contributed by atoms with Crippen LogP contribution >= 0.6 is 23.2 Å². The molecule has 2 aromatic heterocycles. The summed E-state index contributed by atoms with van der Waals surface area (Å²) in [5.74, 6) is -1.58. The Morgan fingerprint density at radius 3 is 2.72 bits per heavy atom. The van der Waals surface area contributed by atoms with E-state index in [9.17, 15) is 9.59 Å². The molecule has 0 fully saturated rings. The number of carbonyl (C=O) groups is 1. The molecule has 164 valence electrons. The second-order valence-electron chi connectivity index (χ2n) is 7.22. The van der Waals surface area contributed by atoms with E-state index in [-0.39, 0.29) is 44.9 Å². The van der Waals surface area contributed by atoms with Gasteiger partial charge < -0.3 is 19.8 Å². The van der Waals surface area contributed by atoms with E-state index in [1.807, 2.05) is 12.1 Å². The molecular weight excluding hydrogens is 453 g/mol. The number of nitrogens with zero attached hydrogens (tertiary/aromatic N) is 2. The predicted molar refractivity (Wildman–Crippen MR) is 121 cm³/mol. The second-order valence-corrected chi connectivity index (χ2v) is 8.01. The van der Waals surface area contributed by atoms with Gasteiger partial charge in [0.2, 0.25) is 5.88 Å². The fraction of sp³-hybridized carbons (Fsp3) is 0.174. The number of nitrogens with two attached hydrogens (primary N) is 1. The number of aryl methyl sites for hydroxylation is 1. The summed E-state index contributed by atoms with van der Waals surface area (Å²) in [4.78, 5) is 30.7. The topological polar surface area (TPSA) is 96.4 Å². The van der Waals surface area contributed by atoms with Crippen molar-refractivity contribution in [2.45, 2.75) is 19.4 Å². The highest BCUT2D eigenvalue weighted by atomic mass is 35.5. The van der Waals surface area contributed by atoms with Crippen LogP contribution in [0.25, 0.3) is 0 Å². The van der Waals surface area contributed by atoms with Gasteiger partial charge in [0, 0.05) is 18.0 Å². The van der Waals surface area contributed by atoms with Gasteiger partial charge in [-0.15, -0.1) is 0 Å². The smallest absolute Gasteiger partial charge is 0.340 e. The summed E-state index contributed by atoms with van der Waals surface area (Å²) in [6, 6.07) is 12.2. The number of carbonyl (C=O) groups excluding carboxylic acids is 1. The summed E-state index contributed by atoms with van der Waals surface area (Å²) in [5, 5.41) is 0.485. The van der Waals surface area contributed by atoms with E-state index in [2.05, 4.69) is 4.98 Å². The molecule has 1 atom stereocenters. The minimum Gasteiger partial charge on any atom is -0.465 e. The van der Waals surface area contributed by atoms with E-state index >= 15 is 0 Å². The largest absolute Gasteiger partial charge is 0.465 e. The van der Waals surface area contributed by atoms with E-state index in [0.717, 1.165) is 0 Å². The van der Waals surface area contributed by atoms with E-state index in [4.69, 9.17) is 38.4 Å². The van der Waals surface area contributed by atoms with Crippen molar-refractivity contribution in [3.63, 3.8) is 0 Å². The molecule has 1 aliphatic heterocycles. The third kappa shape index (κ3) is 3.74. The summed E-state index contributed by atoms with van der Waals surface area (Å²) in [6.45, 7) is 2.02. The average Bonchev–Trinajstić information content (AvgIpc) is 2.78. The normalized spacial score (nSPS) is 15.2. The van der Waals surface area contributed by atoms with Crippen LogP contribution in [0.3, 0.4) is 0 Å². The first-order chi connectivity index (χ1) is 15.3. The zero-order chi connectivity index (χ0) is 23.0. The van der Waals surface area contributed by atoms with Crippen LogP contribution in [0.2, 0.25) is 10.0 Å². The number of fused-ring (bicyclic) bond motifs is 1. The standard InChI is InChI=1S/C23H19Cl2N3O4/c1-12-10-16-18(22(29)28(12)11-13-6-3-4-9-27-13)17(14-7-5-8-15(24)20(14)25)19(21(26)32-16)23(30)31-2/h3-10,17H,11,26H2,1-2H3. The number of pyridine rings is 2. The maximum Gasteiger partial charge on any atom is 0.340 e. The Morgan fingerprint density at radius 2 is 2.03 bits per heavy atom. The highest BCUT2D eigenvalue weighted by Gasteiger charge is 2.39. The summed E-state index contributed by atoms with van der Waals surface area (Å²) < 4.78 is 12.2. The van der Waals surface area contributed by atoms with Crippen molar-refractivity contribution in [2.24, 2.45) is 5.73 Å². The molecule has 0 aliphatic carbocycles. The van der Waals surface area contributed by atoms with Crippen molar-refractivity contribution in [3.8, 4) is 5.75 Å². The van der Waals surface area contributed by atoms with Gasteiger partial charge in [-0.3, -0.25) is 9.78 Å². The number of aromatic nitrogens is 2. The Kier molecular flexibility index (Phi) is 5.95. The molecule has 3 heterocycles. The molecule has 0 saturated heterocycles. The molecule has 4 rings (SSSR count). The summed E-state index contributed by atoms with van der Waals surface area (Å²) in [6.07, 6.45) is 1.66. The number of benzene rings is 1. The maximum atomic E-state index is 13.7. The third-order valence-electron chi connectivity index (χ3n) is 5.31. The van der Waals surface area contributed by atoms with Crippen LogP contribution in [0.5, 0.6) is 5.75 Å². The lowest BCUT2D eigenvalue weighted by molar-refractivity contribution is -0.136. The number of hydrogen-bond donors (Lipinski definition) is 1. The van der Waals surface area contributed by atoms with E-state index < -0.39 is 11.9 Å². The van der Waals surface area contributed by atoms with Gasteiger partial charge >= 0.3 is 5.97 Å². The molecule has 3 aromatic rings. The number of ether oxygens (including phenoxy) is 2. The van der Waals surface area contributed by atoms with Gasteiger partial charge in [-0.05, 0) is 30.7 Å². The number of rotatable bonds is 4. The van der Waals surface area contributed by atoms with Gasteiger partial charge in [-0.1, -0.05) is 41.4 Å². The van der Waals surface area contributed by atoms with E-state index in [0.29, 0.717) is 17.0 Å². The molecule has 0 saturated carbocycles. The van der Waals surface area contributed by atoms with Crippen molar-refractivity contribution >= 4 is 29.2 Å². The fourth-order valence-electron chi connectivity index (χ4n) is 3.80. The Labute approximate surface area is 194 Å². The lowest BCUT2D eigenvalue weighted by atomic mass is 9.83. The minimum atomic E-state index is -0.930. The van der Waals surface area contributed by atoms with Crippen LogP contribution in [0, 0.1) is 6.92 Å². The first kappa shape index (κ1) is 21.9. The Bertz CT molecular complexity index is 1300. The number of esters is 1. The van der Waals surface area contributed by atoms with E-state index in [1.165, 1.54) is 7.11 Å². The molecular formula is C23H19Cl2N3O4. The van der Waals surface area contributed by atoms with Gasteiger partial charge in [-0.2, -0.15) is 0 Å². The van der Waals surface area contributed by atoms with E-state index in [1.54, 1.807) is 48.0 Å².